The van der Waals surface area contributed by atoms with Crippen molar-refractivity contribution in [3.05, 3.63) is 63.1 Å². The molecule has 2 rings (SSSR count). The molecule has 0 radical (unpaired) electrons. The van der Waals surface area contributed by atoms with Crippen LogP contribution in [0, 0.1) is 0 Å². The zero-order chi connectivity index (χ0) is 14.7. The van der Waals surface area contributed by atoms with E-state index in [-0.39, 0.29) is 5.78 Å². The van der Waals surface area contributed by atoms with Gasteiger partial charge >= 0.3 is 0 Å². The summed E-state index contributed by atoms with van der Waals surface area (Å²) >= 11 is 17.6. The smallest absolute Gasteiger partial charge is 0.202 e. The molecule has 2 aromatic carbocycles. The Hall–Kier alpha value is -1.22. The molecule has 0 spiro atoms. The van der Waals surface area contributed by atoms with Crippen molar-refractivity contribution in [1.82, 2.24) is 0 Å². The zero-order valence-corrected chi connectivity index (χ0v) is 12.8. The minimum absolute atomic E-state index is 0.146. The van der Waals surface area contributed by atoms with Gasteiger partial charge in [0.05, 0.1) is 5.02 Å². The summed E-state index contributed by atoms with van der Waals surface area (Å²) in [7, 11) is 0. The number of carbonyl (C=O) groups excluding carboxylic acids is 1. The van der Waals surface area contributed by atoms with Crippen LogP contribution in [0.25, 0.3) is 0 Å². The first-order valence-electron chi connectivity index (χ1n) is 5.89. The molecule has 0 N–H and O–H groups in total. The number of Topliss-reactive ketones (excluding diaryl/α,β-unsaturated/α-hetero) is 1. The third kappa shape index (κ3) is 3.66. The minimum atomic E-state index is -0.658. The van der Waals surface area contributed by atoms with Gasteiger partial charge in [-0.25, -0.2) is 0 Å². The first-order valence-corrected chi connectivity index (χ1v) is 7.02. The number of hydrogen-bond donors (Lipinski definition) is 0. The standard InChI is InChI=1S/C15H11Cl3O2/c1-9(15(19)10-2-4-11(16)5-3-10)20-14-7-6-12(17)8-13(14)18/h2-9H,1H3. The predicted octanol–water partition coefficient (Wildman–Crippen LogP) is 5.30. The summed E-state index contributed by atoms with van der Waals surface area (Å²) in [4.78, 5) is 12.2. The number of hydrogen-bond acceptors (Lipinski definition) is 2. The Labute approximate surface area is 132 Å². The molecular weight excluding hydrogens is 319 g/mol. The van der Waals surface area contributed by atoms with Crippen LogP contribution in [0.5, 0.6) is 5.75 Å². The van der Waals surface area contributed by atoms with Gasteiger partial charge < -0.3 is 4.74 Å². The maximum atomic E-state index is 12.2. The molecule has 0 fully saturated rings. The fourth-order valence-corrected chi connectivity index (χ4v) is 2.24. The van der Waals surface area contributed by atoms with Gasteiger partial charge in [-0.3, -0.25) is 4.79 Å². The summed E-state index contributed by atoms with van der Waals surface area (Å²) in [6.07, 6.45) is -0.658. The van der Waals surface area contributed by atoms with Crippen LogP contribution in [0.3, 0.4) is 0 Å². The lowest BCUT2D eigenvalue weighted by Crippen LogP contribution is -2.24. The van der Waals surface area contributed by atoms with Crippen molar-refractivity contribution >= 4 is 40.6 Å². The topological polar surface area (TPSA) is 26.3 Å². The molecule has 104 valence electrons. The van der Waals surface area contributed by atoms with Crippen molar-refractivity contribution in [3.63, 3.8) is 0 Å². The average molecular weight is 330 g/mol. The van der Waals surface area contributed by atoms with Gasteiger partial charge in [-0.1, -0.05) is 34.8 Å². The lowest BCUT2D eigenvalue weighted by molar-refractivity contribution is 0.0818. The highest BCUT2D eigenvalue weighted by Crippen LogP contribution is 2.28. The highest BCUT2D eigenvalue weighted by molar-refractivity contribution is 6.35. The van der Waals surface area contributed by atoms with E-state index in [0.29, 0.717) is 26.4 Å². The lowest BCUT2D eigenvalue weighted by Gasteiger charge is -2.15. The van der Waals surface area contributed by atoms with E-state index in [9.17, 15) is 4.79 Å². The van der Waals surface area contributed by atoms with Crippen LogP contribution in [0.2, 0.25) is 15.1 Å². The quantitative estimate of drug-likeness (QED) is 0.712. The van der Waals surface area contributed by atoms with Crippen molar-refractivity contribution in [2.75, 3.05) is 0 Å². The number of ether oxygens (including phenoxy) is 1. The maximum Gasteiger partial charge on any atom is 0.202 e. The lowest BCUT2D eigenvalue weighted by atomic mass is 10.1. The van der Waals surface area contributed by atoms with Crippen molar-refractivity contribution in [2.24, 2.45) is 0 Å². The Balaban J connectivity index is 2.13. The van der Waals surface area contributed by atoms with Crippen molar-refractivity contribution in [2.45, 2.75) is 13.0 Å². The van der Waals surface area contributed by atoms with Crippen LogP contribution >= 0.6 is 34.8 Å². The number of ketones is 1. The summed E-state index contributed by atoms with van der Waals surface area (Å²) < 4.78 is 5.57. The van der Waals surface area contributed by atoms with E-state index in [0.717, 1.165) is 0 Å². The molecule has 0 saturated heterocycles. The summed E-state index contributed by atoms with van der Waals surface area (Å²) in [5.41, 5.74) is 0.534. The molecule has 2 nitrogen and oxygen atoms in total. The summed E-state index contributed by atoms with van der Waals surface area (Å²) in [6, 6.07) is 11.5. The first-order chi connectivity index (χ1) is 9.47. The van der Waals surface area contributed by atoms with Crippen LogP contribution in [0.1, 0.15) is 17.3 Å². The number of benzene rings is 2. The van der Waals surface area contributed by atoms with Crippen molar-refractivity contribution in [3.8, 4) is 5.75 Å². The molecule has 0 saturated carbocycles. The molecule has 2 aromatic rings. The molecule has 0 aliphatic carbocycles. The third-order valence-corrected chi connectivity index (χ3v) is 3.48. The Kier molecular flexibility index (Phi) is 4.92. The van der Waals surface area contributed by atoms with E-state index in [1.807, 2.05) is 0 Å². The van der Waals surface area contributed by atoms with Gasteiger partial charge in [0.2, 0.25) is 5.78 Å². The van der Waals surface area contributed by atoms with Gasteiger partial charge in [0.1, 0.15) is 5.75 Å². The molecule has 1 unspecified atom stereocenters. The highest BCUT2D eigenvalue weighted by atomic mass is 35.5. The van der Waals surface area contributed by atoms with E-state index in [1.54, 1.807) is 49.4 Å². The number of halogens is 3. The van der Waals surface area contributed by atoms with Crippen molar-refractivity contribution in [1.29, 1.82) is 0 Å². The molecule has 0 aliphatic heterocycles. The molecule has 5 heteroatoms. The van der Waals surface area contributed by atoms with Crippen LogP contribution < -0.4 is 4.74 Å². The second kappa shape index (κ2) is 6.49. The predicted molar refractivity (Wildman–Crippen MR) is 82.3 cm³/mol. The molecule has 0 heterocycles. The largest absolute Gasteiger partial charge is 0.481 e. The molecule has 0 amide bonds. The van der Waals surface area contributed by atoms with Crippen molar-refractivity contribution < 1.29 is 9.53 Å². The molecule has 0 aliphatic rings. The van der Waals surface area contributed by atoms with Gasteiger partial charge in [0.25, 0.3) is 0 Å². The van der Waals surface area contributed by atoms with E-state index >= 15 is 0 Å². The zero-order valence-electron chi connectivity index (χ0n) is 10.6. The molecule has 0 bridgehead atoms. The Bertz CT molecular complexity index is 624. The summed E-state index contributed by atoms with van der Waals surface area (Å²) in [5.74, 6) is 0.276. The fourth-order valence-electron chi connectivity index (χ4n) is 1.66. The van der Waals surface area contributed by atoms with E-state index in [2.05, 4.69) is 0 Å². The molecule has 0 aromatic heterocycles. The summed E-state index contributed by atoms with van der Waals surface area (Å²) in [6.45, 7) is 1.67. The van der Waals surface area contributed by atoms with Crippen LogP contribution in [0.15, 0.2) is 42.5 Å². The van der Waals surface area contributed by atoms with E-state index in [1.165, 1.54) is 0 Å². The molecule has 20 heavy (non-hydrogen) atoms. The van der Waals surface area contributed by atoms with Gasteiger partial charge in [0, 0.05) is 15.6 Å². The maximum absolute atomic E-state index is 12.2. The van der Waals surface area contributed by atoms with Gasteiger partial charge in [-0.15, -0.1) is 0 Å². The second-order valence-electron chi connectivity index (χ2n) is 4.21. The molecular formula is C15H11Cl3O2. The second-order valence-corrected chi connectivity index (χ2v) is 5.49. The number of carbonyl (C=O) groups is 1. The van der Waals surface area contributed by atoms with Crippen LogP contribution in [-0.2, 0) is 0 Å². The minimum Gasteiger partial charge on any atom is -0.481 e. The number of rotatable bonds is 4. The van der Waals surface area contributed by atoms with Gasteiger partial charge in [-0.2, -0.15) is 0 Å². The normalized spacial score (nSPS) is 12.0. The van der Waals surface area contributed by atoms with Crippen LogP contribution in [0.4, 0.5) is 0 Å². The average Bonchev–Trinajstić information content (AvgIpc) is 2.42. The van der Waals surface area contributed by atoms with Gasteiger partial charge in [-0.05, 0) is 49.4 Å². The summed E-state index contributed by atoms with van der Waals surface area (Å²) in [5, 5.41) is 1.46. The Morgan fingerprint density at radius 1 is 1.00 bits per heavy atom. The van der Waals surface area contributed by atoms with Gasteiger partial charge in [0.15, 0.2) is 6.10 Å². The molecule has 1 atom stereocenters. The van der Waals surface area contributed by atoms with E-state index < -0.39 is 6.10 Å². The Morgan fingerprint density at radius 2 is 1.60 bits per heavy atom. The Morgan fingerprint density at radius 3 is 2.20 bits per heavy atom. The third-order valence-electron chi connectivity index (χ3n) is 2.70. The first kappa shape index (κ1) is 15.2. The SMILES string of the molecule is CC(Oc1ccc(Cl)cc1Cl)C(=O)c1ccc(Cl)cc1. The van der Waals surface area contributed by atoms with E-state index in [4.69, 9.17) is 39.5 Å². The van der Waals surface area contributed by atoms with Crippen LogP contribution in [-0.4, -0.2) is 11.9 Å². The highest BCUT2D eigenvalue weighted by Gasteiger charge is 2.18. The monoisotopic (exact) mass is 328 g/mol. The fraction of sp³-hybridized carbons (Fsp3) is 0.133.